The predicted molar refractivity (Wildman–Crippen MR) is 72.8 cm³/mol. The second-order valence-electron chi connectivity index (χ2n) is 3.69. The molecule has 6 nitrogen and oxygen atoms in total. The van der Waals surface area contributed by atoms with Gasteiger partial charge < -0.3 is 9.84 Å². The zero-order valence-electron chi connectivity index (χ0n) is 10.2. The molecule has 8 heteroatoms. The Balaban J connectivity index is 2.89. The van der Waals surface area contributed by atoms with Crippen molar-refractivity contribution in [2.24, 2.45) is 0 Å². The lowest BCUT2D eigenvalue weighted by atomic mass is 10.2. The molecule has 1 rings (SSSR count). The Labute approximate surface area is 120 Å². The Bertz CT molecular complexity index is 558. The first-order chi connectivity index (χ1) is 8.88. The molecular formula is C11H14BrNO5S. The van der Waals surface area contributed by atoms with Gasteiger partial charge >= 0.3 is 5.97 Å². The van der Waals surface area contributed by atoms with E-state index in [1.807, 2.05) is 0 Å². The van der Waals surface area contributed by atoms with E-state index in [1.54, 1.807) is 0 Å². The molecule has 0 aromatic heterocycles. The largest absolute Gasteiger partial charge is 0.478 e. The minimum Gasteiger partial charge on any atom is -0.478 e. The van der Waals surface area contributed by atoms with Crippen molar-refractivity contribution in [2.45, 2.75) is 11.3 Å². The Morgan fingerprint density at radius 1 is 1.47 bits per heavy atom. The number of hydrogen-bond acceptors (Lipinski definition) is 4. The van der Waals surface area contributed by atoms with Crippen molar-refractivity contribution in [3.63, 3.8) is 0 Å². The topological polar surface area (TPSA) is 92.7 Å². The van der Waals surface area contributed by atoms with E-state index in [-0.39, 0.29) is 17.0 Å². The van der Waals surface area contributed by atoms with Crippen LogP contribution in [-0.4, -0.2) is 39.8 Å². The number of ether oxygens (including phenoxy) is 1. The van der Waals surface area contributed by atoms with Crippen LogP contribution >= 0.6 is 15.9 Å². The van der Waals surface area contributed by atoms with E-state index in [1.165, 1.54) is 19.2 Å². The van der Waals surface area contributed by atoms with Crippen LogP contribution in [0.15, 0.2) is 27.6 Å². The summed E-state index contributed by atoms with van der Waals surface area (Å²) >= 11 is 3.06. The van der Waals surface area contributed by atoms with Crippen molar-refractivity contribution in [1.82, 2.24) is 4.72 Å². The average molecular weight is 352 g/mol. The highest BCUT2D eigenvalue weighted by Crippen LogP contribution is 2.20. The van der Waals surface area contributed by atoms with E-state index in [2.05, 4.69) is 20.7 Å². The van der Waals surface area contributed by atoms with Gasteiger partial charge in [0.15, 0.2) is 0 Å². The fourth-order valence-electron chi connectivity index (χ4n) is 1.34. The molecule has 0 atom stereocenters. The quantitative estimate of drug-likeness (QED) is 0.725. The Kier molecular flexibility index (Phi) is 5.92. The number of nitrogens with one attached hydrogen (secondary N) is 1. The summed E-state index contributed by atoms with van der Waals surface area (Å²) in [6, 6.07) is 3.85. The molecule has 0 amide bonds. The molecule has 106 valence electrons. The van der Waals surface area contributed by atoms with Crippen LogP contribution < -0.4 is 4.72 Å². The standard InChI is InChI=1S/C11H14BrNO5S/c1-18-6-2-5-13-19(16,17)8-3-4-10(12)9(7-8)11(14)15/h3-4,7,13H,2,5-6H2,1H3,(H,14,15). The molecule has 0 aliphatic rings. The number of aromatic carboxylic acids is 1. The summed E-state index contributed by atoms with van der Waals surface area (Å²) in [5.41, 5.74) is -0.0974. The van der Waals surface area contributed by atoms with E-state index in [4.69, 9.17) is 9.84 Å². The lowest BCUT2D eigenvalue weighted by Crippen LogP contribution is -2.25. The zero-order chi connectivity index (χ0) is 14.5. The molecule has 2 N–H and O–H groups in total. The number of carboxylic acids is 1. The summed E-state index contributed by atoms with van der Waals surface area (Å²) in [4.78, 5) is 10.9. The third-order valence-corrected chi connectivity index (χ3v) is 4.45. The summed E-state index contributed by atoms with van der Waals surface area (Å²) in [5.74, 6) is -1.19. The maximum absolute atomic E-state index is 11.9. The van der Waals surface area contributed by atoms with Crippen molar-refractivity contribution in [3.05, 3.63) is 28.2 Å². The molecule has 0 radical (unpaired) electrons. The molecule has 1 aromatic rings. The van der Waals surface area contributed by atoms with Gasteiger partial charge in [-0.05, 0) is 40.5 Å². The summed E-state index contributed by atoms with van der Waals surface area (Å²) < 4.78 is 31.4. The Morgan fingerprint density at radius 2 is 2.16 bits per heavy atom. The van der Waals surface area contributed by atoms with E-state index < -0.39 is 16.0 Å². The first kappa shape index (κ1) is 16.1. The zero-order valence-corrected chi connectivity index (χ0v) is 12.6. The van der Waals surface area contributed by atoms with E-state index in [0.717, 1.165) is 6.07 Å². The van der Waals surface area contributed by atoms with Gasteiger partial charge in [0.25, 0.3) is 0 Å². The van der Waals surface area contributed by atoms with Crippen molar-refractivity contribution in [3.8, 4) is 0 Å². The molecule has 0 saturated carbocycles. The number of methoxy groups -OCH3 is 1. The number of carbonyl (C=O) groups is 1. The van der Waals surface area contributed by atoms with Gasteiger partial charge in [-0.3, -0.25) is 0 Å². The van der Waals surface area contributed by atoms with Crippen LogP contribution in [0.3, 0.4) is 0 Å². The minimum atomic E-state index is -3.70. The van der Waals surface area contributed by atoms with Gasteiger partial charge in [-0.15, -0.1) is 0 Å². The summed E-state index contributed by atoms with van der Waals surface area (Å²) in [5, 5.41) is 8.94. The number of carboxylic acid groups (broad SMARTS) is 1. The first-order valence-corrected chi connectivity index (χ1v) is 7.67. The fourth-order valence-corrected chi connectivity index (χ4v) is 2.86. The van der Waals surface area contributed by atoms with Crippen LogP contribution in [0.4, 0.5) is 0 Å². The van der Waals surface area contributed by atoms with Gasteiger partial charge in [-0.1, -0.05) is 0 Å². The maximum atomic E-state index is 11.9. The molecule has 19 heavy (non-hydrogen) atoms. The molecule has 0 bridgehead atoms. The highest BCUT2D eigenvalue weighted by Gasteiger charge is 2.17. The number of hydrogen-bond donors (Lipinski definition) is 2. The number of sulfonamides is 1. The summed E-state index contributed by atoms with van der Waals surface area (Å²) in [7, 11) is -2.17. The second kappa shape index (κ2) is 6.99. The Hall–Kier alpha value is -0.960. The van der Waals surface area contributed by atoms with Gasteiger partial charge in [0.2, 0.25) is 10.0 Å². The lowest BCUT2D eigenvalue weighted by Gasteiger charge is -2.08. The van der Waals surface area contributed by atoms with Gasteiger partial charge in [0.05, 0.1) is 10.5 Å². The third kappa shape index (κ3) is 4.57. The summed E-state index contributed by atoms with van der Waals surface area (Å²) in [6.07, 6.45) is 0.540. The highest BCUT2D eigenvalue weighted by atomic mass is 79.9. The molecule has 0 saturated heterocycles. The molecule has 0 heterocycles. The second-order valence-corrected chi connectivity index (χ2v) is 6.31. The normalized spacial score (nSPS) is 11.5. The van der Waals surface area contributed by atoms with Gasteiger partial charge in [0, 0.05) is 24.7 Å². The molecule has 0 fully saturated rings. The van der Waals surface area contributed by atoms with Crippen LogP contribution in [0.2, 0.25) is 0 Å². The average Bonchev–Trinajstić information content (AvgIpc) is 2.34. The fraction of sp³-hybridized carbons (Fsp3) is 0.364. The van der Waals surface area contributed by atoms with Crippen molar-refractivity contribution >= 4 is 31.9 Å². The van der Waals surface area contributed by atoms with E-state index >= 15 is 0 Å². The highest BCUT2D eigenvalue weighted by molar-refractivity contribution is 9.10. The number of rotatable bonds is 7. The number of benzene rings is 1. The first-order valence-electron chi connectivity index (χ1n) is 5.40. The molecule has 0 unspecified atom stereocenters. The molecule has 0 aliphatic carbocycles. The van der Waals surface area contributed by atoms with Crippen molar-refractivity contribution in [2.75, 3.05) is 20.3 Å². The maximum Gasteiger partial charge on any atom is 0.336 e. The SMILES string of the molecule is COCCCNS(=O)(=O)c1ccc(Br)c(C(=O)O)c1. The number of halogens is 1. The molecule has 0 aliphatic heterocycles. The van der Waals surface area contributed by atoms with Gasteiger partial charge in [-0.2, -0.15) is 0 Å². The minimum absolute atomic E-state index is 0.0782. The van der Waals surface area contributed by atoms with Gasteiger partial charge in [0.1, 0.15) is 0 Å². The van der Waals surface area contributed by atoms with Gasteiger partial charge in [-0.25, -0.2) is 17.9 Å². The lowest BCUT2D eigenvalue weighted by molar-refractivity contribution is 0.0695. The van der Waals surface area contributed by atoms with Crippen LogP contribution in [0.5, 0.6) is 0 Å². The summed E-state index contributed by atoms with van der Waals surface area (Å²) in [6.45, 7) is 0.678. The molecule has 0 spiro atoms. The van der Waals surface area contributed by atoms with Crippen LogP contribution in [0.25, 0.3) is 0 Å². The molecular weight excluding hydrogens is 338 g/mol. The monoisotopic (exact) mass is 351 g/mol. The van der Waals surface area contributed by atoms with E-state index in [0.29, 0.717) is 17.5 Å². The van der Waals surface area contributed by atoms with Crippen molar-refractivity contribution < 1.29 is 23.1 Å². The van der Waals surface area contributed by atoms with Crippen LogP contribution in [0, 0.1) is 0 Å². The van der Waals surface area contributed by atoms with Crippen LogP contribution in [-0.2, 0) is 14.8 Å². The third-order valence-electron chi connectivity index (χ3n) is 2.30. The Morgan fingerprint density at radius 3 is 2.74 bits per heavy atom. The van der Waals surface area contributed by atoms with Crippen molar-refractivity contribution in [1.29, 1.82) is 0 Å². The smallest absolute Gasteiger partial charge is 0.336 e. The predicted octanol–water partition coefficient (Wildman–Crippen LogP) is 1.46. The van der Waals surface area contributed by atoms with E-state index in [9.17, 15) is 13.2 Å². The molecule has 1 aromatic carbocycles. The van der Waals surface area contributed by atoms with Crippen LogP contribution in [0.1, 0.15) is 16.8 Å².